The summed E-state index contributed by atoms with van der Waals surface area (Å²) in [7, 11) is 1.84. The van der Waals surface area contributed by atoms with Gasteiger partial charge in [0.25, 0.3) is 0 Å². The van der Waals surface area contributed by atoms with Crippen LogP contribution in [-0.4, -0.2) is 37.1 Å². The Labute approximate surface area is 104 Å². The number of nitrogens with zero attached hydrogens (tertiary/aromatic N) is 1. The first kappa shape index (κ1) is 13.7. The van der Waals surface area contributed by atoms with Gasteiger partial charge in [-0.1, -0.05) is 13.8 Å². The molecule has 4 heteroatoms. The number of thioether (sulfide) groups is 1. The van der Waals surface area contributed by atoms with Crippen molar-refractivity contribution < 1.29 is 0 Å². The average molecular weight is 243 g/mol. The average Bonchev–Trinajstić information content (AvgIpc) is 2.71. The molecule has 0 spiro atoms. The van der Waals surface area contributed by atoms with Gasteiger partial charge in [-0.25, -0.2) is 0 Å². The SMILES string of the molecule is CN=C(NCC(C)C)NC1CCC(SC)C1. The molecule has 1 aliphatic rings. The van der Waals surface area contributed by atoms with E-state index in [1.54, 1.807) is 0 Å². The molecule has 0 aliphatic heterocycles. The highest BCUT2D eigenvalue weighted by Gasteiger charge is 2.24. The summed E-state index contributed by atoms with van der Waals surface area (Å²) in [6.45, 7) is 5.40. The van der Waals surface area contributed by atoms with Gasteiger partial charge in [0.05, 0.1) is 0 Å². The third-order valence-corrected chi connectivity index (χ3v) is 4.05. The summed E-state index contributed by atoms with van der Waals surface area (Å²) in [5.41, 5.74) is 0. The zero-order valence-corrected chi connectivity index (χ0v) is 11.7. The lowest BCUT2D eigenvalue weighted by atomic mass is 10.2. The number of nitrogens with one attached hydrogen (secondary N) is 2. The highest BCUT2D eigenvalue weighted by molar-refractivity contribution is 7.99. The predicted molar refractivity (Wildman–Crippen MR) is 74.3 cm³/mol. The highest BCUT2D eigenvalue weighted by atomic mass is 32.2. The van der Waals surface area contributed by atoms with Gasteiger partial charge in [0.1, 0.15) is 0 Å². The highest BCUT2D eigenvalue weighted by Crippen LogP contribution is 2.27. The summed E-state index contributed by atoms with van der Waals surface area (Å²) in [5.74, 6) is 1.61. The van der Waals surface area contributed by atoms with Crippen LogP contribution in [0.4, 0.5) is 0 Å². The summed E-state index contributed by atoms with van der Waals surface area (Å²) < 4.78 is 0. The van der Waals surface area contributed by atoms with Gasteiger partial charge in [-0.2, -0.15) is 11.8 Å². The van der Waals surface area contributed by atoms with E-state index in [4.69, 9.17) is 0 Å². The van der Waals surface area contributed by atoms with E-state index >= 15 is 0 Å². The van der Waals surface area contributed by atoms with E-state index in [0.717, 1.165) is 17.8 Å². The van der Waals surface area contributed by atoms with Crippen molar-refractivity contribution in [2.45, 2.75) is 44.4 Å². The third kappa shape index (κ3) is 4.64. The molecule has 0 aromatic carbocycles. The lowest BCUT2D eigenvalue weighted by Crippen LogP contribution is -2.43. The van der Waals surface area contributed by atoms with Gasteiger partial charge in [-0.3, -0.25) is 4.99 Å². The summed E-state index contributed by atoms with van der Waals surface area (Å²) >= 11 is 1.99. The van der Waals surface area contributed by atoms with E-state index in [0.29, 0.717) is 12.0 Å². The fourth-order valence-electron chi connectivity index (χ4n) is 1.97. The van der Waals surface area contributed by atoms with E-state index in [9.17, 15) is 0 Å². The molecule has 1 rings (SSSR count). The lowest BCUT2D eigenvalue weighted by Gasteiger charge is -2.18. The van der Waals surface area contributed by atoms with Crippen molar-refractivity contribution in [3.8, 4) is 0 Å². The minimum absolute atomic E-state index is 0.607. The zero-order valence-electron chi connectivity index (χ0n) is 10.9. The van der Waals surface area contributed by atoms with E-state index in [-0.39, 0.29) is 0 Å². The molecule has 0 aromatic rings. The van der Waals surface area contributed by atoms with Crippen LogP contribution in [0.1, 0.15) is 33.1 Å². The molecule has 0 aromatic heterocycles. The largest absolute Gasteiger partial charge is 0.356 e. The van der Waals surface area contributed by atoms with Crippen molar-refractivity contribution in [2.75, 3.05) is 19.8 Å². The summed E-state index contributed by atoms with van der Waals surface area (Å²) in [5, 5.41) is 7.71. The Kier molecular flexibility index (Phi) is 6.03. The van der Waals surface area contributed by atoms with Crippen LogP contribution in [0, 0.1) is 5.92 Å². The maximum atomic E-state index is 4.26. The number of guanidine groups is 1. The first-order valence-electron chi connectivity index (χ1n) is 6.15. The van der Waals surface area contributed by atoms with E-state index in [2.05, 4.69) is 35.7 Å². The normalized spacial score (nSPS) is 26.2. The molecule has 2 N–H and O–H groups in total. The van der Waals surface area contributed by atoms with E-state index < -0.39 is 0 Å². The molecule has 0 amide bonds. The van der Waals surface area contributed by atoms with Gasteiger partial charge in [0.2, 0.25) is 0 Å². The molecule has 1 saturated carbocycles. The summed E-state index contributed by atoms with van der Waals surface area (Å²) in [6.07, 6.45) is 6.08. The molecular weight excluding hydrogens is 218 g/mol. The Hall–Kier alpha value is -0.380. The molecule has 3 nitrogen and oxygen atoms in total. The van der Waals surface area contributed by atoms with Crippen LogP contribution in [0.5, 0.6) is 0 Å². The number of rotatable bonds is 4. The van der Waals surface area contributed by atoms with Crippen LogP contribution >= 0.6 is 11.8 Å². The smallest absolute Gasteiger partial charge is 0.191 e. The Morgan fingerprint density at radius 1 is 1.44 bits per heavy atom. The summed E-state index contributed by atoms with van der Waals surface area (Å²) in [6, 6.07) is 0.607. The van der Waals surface area contributed by atoms with Crippen LogP contribution in [0.25, 0.3) is 0 Å². The van der Waals surface area contributed by atoms with Crippen LogP contribution < -0.4 is 10.6 Å². The Morgan fingerprint density at radius 2 is 2.19 bits per heavy atom. The monoisotopic (exact) mass is 243 g/mol. The minimum atomic E-state index is 0.607. The molecule has 94 valence electrons. The van der Waals surface area contributed by atoms with Gasteiger partial charge in [-0.05, 0) is 31.4 Å². The molecular formula is C12H25N3S. The fourth-order valence-corrected chi connectivity index (χ4v) is 2.77. The van der Waals surface area contributed by atoms with Gasteiger partial charge < -0.3 is 10.6 Å². The second kappa shape index (κ2) is 7.05. The van der Waals surface area contributed by atoms with Crippen molar-refractivity contribution in [1.82, 2.24) is 10.6 Å². The van der Waals surface area contributed by atoms with Crippen LogP contribution in [0.15, 0.2) is 4.99 Å². The van der Waals surface area contributed by atoms with Crippen molar-refractivity contribution >= 4 is 17.7 Å². The van der Waals surface area contributed by atoms with Crippen molar-refractivity contribution in [1.29, 1.82) is 0 Å². The molecule has 0 heterocycles. The number of hydrogen-bond acceptors (Lipinski definition) is 2. The van der Waals surface area contributed by atoms with Crippen molar-refractivity contribution in [3.63, 3.8) is 0 Å². The van der Waals surface area contributed by atoms with Gasteiger partial charge in [-0.15, -0.1) is 0 Å². The van der Waals surface area contributed by atoms with Gasteiger partial charge >= 0.3 is 0 Å². The van der Waals surface area contributed by atoms with Crippen molar-refractivity contribution in [2.24, 2.45) is 10.9 Å². The second-order valence-electron chi connectivity index (χ2n) is 4.86. The fraction of sp³-hybridized carbons (Fsp3) is 0.917. The molecule has 2 unspecified atom stereocenters. The van der Waals surface area contributed by atoms with Gasteiger partial charge in [0.15, 0.2) is 5.96 Å². The standard InChI is InChI=1S/C12H25N3S/c1-9(2)8-14-12(13-3)15-10-5-6-11(7-10)16-4/h9-11H,5-8H2,1-4H3,(H2,13,14,15). The molecule has 0 bridgehead atoms. The first-order valence-corrected chi connectivity index (χ1v) is 7.44. The van der Waals surface area contributed by atoms with Crippen LogP contribution in [0.3, 0.4) is 0 Å². The number of aliphatic imine (C=N–C) groups is 1. The topological polar surface area (TPSA) is 36.4 Å². The number of hydrogen-bond donors (Lipinski definition) is 2. The van der Waals surface area contributed by atoms with E-state index in [1.807, 2.05) is 18.8 Å². The second-order valence-corrected chi connectivity index (χ2v) is 6.00. The van der Waals surface area contributed by atoms with Gasteiger partial charge in [0, 0.05) is 24.9 Å². The molecule has 0 saturated heterocycles. The molecule has 0 radical (unpaired) electrons. The Morgan fingerprint density at radius 3 is 2.69 bits per heavy atom. The predicted octanol–water partition coefficient (Wildman–Crippen LogP) is 2.09. The molecule has 2 atom stereocenters. The Balaban J connectivity index is 2.29. The summed E-state index contributed by atoms with van der Waals surface area (Å²) in [4.78, 5) is 4.26. The third-order valence-electron chi connectivity index (χ3n) is 2.96. The van der Waals surface area contributed by atoms with E-state index in [1.165, 1.54) is 19.3 Å². The van der Waals surface area contributed by atoms with Crippen LogP contribution in [0.2, 0.25) is 0 Å². The molecule has 16 heavy (non-hydrogen) atoms. The Bertz CT molecular complexity index is 228. The zero-order chi connectivity index (χ0) is 12.0. The maximum absolute atomic E-state index is 4.26. The quantitative estimate of drug-likeness (QED) is 0.586. The molecule has 1 aliphatic carbocycles. The minimum Gasteiger partial charge on any atom is -0.356 e. The maximum Gasteiger partial charge on any atom is 0.191 e. The molecule has 1 fully saturated rings. The first-order chi connectivity index (χ1) is 7.65. The van der Waals surface area contributed by atoms with Crippen LogP contribution in [-0.2, 0) is 0 Å². The lowest BCUT2D eigenvalue weighted by molar-refractivity contribution is 0.583. The van der Waals surface area contributed by atoms with Crippen molar-refractivity contribution in [3.05, 3.63) is 0 Å².